The van der Waals surface area contributed by atoms with Gasteiger partial charge in [-0.15, -0.1) is 4.72 Å². The smallest absolute Gasteiger partial charge is 0.392 e. The minimum Gasteiger partial charge on any atom is -0.598 e. The summed E-state index contributed by atoms with van der Waals surface area (Å²) < 4.78 is 56.1. The van der Waals surface area contributed by atoms with Crippen LogP contribution in [0.2, 0.25) is 0 Å². The molecule has 0 saturated heterocycles. The van der Waals surface area contributed by atoms with Crippen molar-refractivity contribution in [2.45, 2.75) is 58.0 Å². The predicted octanol–water partition coefficient (Wildman–Crippen LogP) is 3.83. The lowest BCUT2D eigenvalue weighted by Crippen LogP contribution is -2.40. The third kappa shape index (κ3) is 6.97. The van der Waals surface area contributed by atoms with Crippen LogP contribution in [0.5, 0.6) is 5.88 Å². The minimum absolute atomic E-state index is 0.183. The van der Waals surface area contributed by atoms with Crippen LogP contribution in [-0.4, -0.2) is 27.1 Å². The largest absolute Gasteiger partial charge is 0.598 e. The fourth-order valence-electron chi connectivity index (χ4n) is 1.64. The molecule has 4 nitrogen and oxygen atoms in total. The van der Waals surface area contributed by atoms with Crippen molar-refractivity contribution in [3.63, 3.8) is 0 Å². The van der Waals surface area contributed by atoms with E-state index in [1.54, 1.807) is 13.0 Å². The third-order valence-electron chi connectivity index (χ3n) is 3.02. The zero-order valence-corrected chi connectivity index (χ0v) is 14.8. The molecule has 2 atom stereocenters. The van der Waals surface area contributed by atoms with E-state index in [1.165, 1.54) is 6.20 Å². The molecule has 132 valence electrons. The van der Waals surface area contributed by atoms with E-state index >= 15 is 0 Å². The Morgan fingerprint density at radius 1 is 1.35 bits per heavy atom. The second kappa shape index (κ2) is 7.72. The molecule has 1 aromatic heterocycles. The van der Waals surface area contributed by atoms with Gasteiger partial charge in [-0.2, -0.15) is 13.2 Å². The number of hydrogen-bond acceptors (Lipinski definition) is 4. The number of alkyl halides is 3. The molecule has 0 amide bonds. The number of pyridine rings is 1. The lowest BCUT2D eigenvalue weighted by atomic mass is 10.1. The molecule has 8 heteroatoms. The normalized spacial score (nSPS) is 15.3. The molecule has 0 fully saturated rings. The van der Waals surface area contributed by atoms with Gasteiger partial charge in [-0.3, -0.25) is 0 Å². The molecule has 1 heterocycles. The van der Waals surface area contributed by atoms with E-state index in [-0.39, 0.29) is 11.9 Å². The van der Waals surface area contributed by atoms with Crippen molar-refractivity contribution in [3.8, 4) is 5.88 Å². The van der Waals surface area contributed by atoms with Gasteiger partial charge in [-0.25, -0.2) is 4.98 Å². The predicted molar refractivity (Wildman–Crippen MR) is 84.6 cm³/mol. The number of nitrogens with one attached hydrogen (secondary N) is 1. The first-order valence-electron chi connectivity index (χ1n) is 7.24. The first-order chi connectivity index (χ1) is 10.4. The Hall–Kier alpha value is -0.990. The first-order valence-corrected chi connectivity index (χ1v) is 8.39. The number of hydrogen-bond donors (Lipinski definition) is 1. The number of halogens is 3. The standard InChI is InChI=1S/C15H23F3N2O2S/c1-10-8-12(11(2)20-23(21)14(3,4)5)9-19-13(10)22-7-6-15(16,17)18/h8-9,11,20H,6-7H2,1-5H3/t11?,23-/m1/s1. The summed E-state index contributed by atoms with van der Waals surface area (Å²) in [5.74, 6) is 0.183. The maximum atomic E-state index is 12.1. The van der Waals surface area contributed by atoms with Crippen LogP contribution in [0, 0.1) is 6.92 Å². The Morgan fingerprint density at radius 2 is 1.96 bits per heavy atom. The molecule has 0 aliphatic rings. The highest BCUT2D eigenvalue weighted by atomic mass is 32.2. The Kier molecular flexibility index (Phi) is 6.73. The highest BCUT2D eigenvalue weighted by Crippen LogP contribution is 2.24. The second-order valence-corrected chi connectivity index (χ2v) is 8.32. The van der Waals surface area contributed by atoms with Crippen molar-refractivity contribution in [1.82, 2.24) is 9.71 Å². The molecule has 1 rings (SSSR count). The summed E-state index contributed by atoms with van der Waals surface area (Å²) in [7, 11) is 0. The van der Waals surface area contributed by atoms with Crippen LogP contribution >= 0.6 is 0 Å². The fraction of sp³-hybridized carbons (Fsp3) is 0.667. The number of aryl methyl sites for hydroxylation is 1. The Bertz CT molecular complexity index is 518. The van der Waals surface area contributed by atoms with E-state index in [4.69, 9.17) is 4.74 Å². The first kappa shape index (κ1) is 20.1. The number of ether oxygens (including phenoxy) is 1. The molecule has 1 N–H and O–H groups in total. The van der Waals surface area contributed by atoms with Gasteiger partial charge in [-0.1, -0.05) is 0 Å². The average Bonchev–Trinajstić information content (AvgIpc) is 2.37. The monoisotopic (exact) mass is 352 g/mol. The van der Waals surface area contributed by atoms with E-state index in [1.807, 2.05) is 27.7 Å². The van der Waals surface area contributed by atoms with Crippen LogP contribution in [0.25, 0.3) is 0 Å². The van der Waals surface area contributed by atoms with Gasteiger partial charge in [-0.05, 0) is 46.2 Å². The third-order valence-corrected chi connectivity index (χ3v) is 4.70. The fourth-order valence-corrected chi connectivity index (χ4v) is 2.45. The van der Waals surface area contributed by atoms with E-state index in [0.717, 1.165) is 5.56 Å². The molecule has 0 bridgehead atoms. The van der Waals surface area contributed by atoms with Gasteiger partial charge >= 0.3 is 6.18 Å². The SMILES string of the molecule is Cc1cc(C(C)N[S@+]([O-])C(C)(C)C)cnc1OCCC(F)(F)F. The molecule has 0 aromatic carbocycles. The van der Waals surface area contributed by atoms with Gasteiger partial charge in [0.1, 0.15) is 4.75 Å². The topological polar surface area (TPSA) is 57.2 Å². The van der Waals surface area contributed by atoms with Gasteiger partial charge in [0.15, 0.2) is 0 Å². The van der Waals surface area contributed by atoms with Crippen molar-refractivity contribution < 1.29 is 22.5 Å². The van der Waals surface area contributed by atoms with E-state index < -0.39 is 35.3 Å². The molecular formula is C15H23F3N2O2S. The van der Waals surface area contributed by atoms with E-state index in [0.29, 0.717) is 5.56 Å². The van der Waals surface area contributed by atoms with Crippen LogP contribution in [0.1, 0.15) is 51.3 Å². The van der Waals surface area contributed by atoms with Crippen LogP contribution in [-0.2, 0) is 11.4 Å². The second-order valence-electron chi connectivity index (χ2n) is 6.32. The van der Waals surface area contributed by atoms with Gasteiger partial charge in [0.2, 0.25) is 5.88 Å². The highest BCUT2D eigenvalue weighted by molar-refractivity contribution is 7.90. The summed E-state index contributed by atoms with van der Waals surface area (Å²) in [6.07, 6.45) is -3.74. The van der Waals surface area contributed by atoms with Crippen LogP contribution in [0.3, 0.4) is 0 Å². The van der Waals surface area contributed by atoms with Crippen molar-refractivity contribution in [1.29, 1.82) is 0 Å². The van der Waals surface area contributed by atoms with Crippen molar-refractivity contribution in [2.24, 2.45) is 0 Å². The maximum Gasteiger partial charge on any atom is 0.392 e. The molecule has 1 aromatic rings. The number of nitrogens with zero attached hydrogens (tertiary/aromatic N) is 1. The van der Waals surface area contributed by atoms with E-state index in [2.05, 4.69) is 9.71 Å². The van der Waals surface area contributed by atoms with Crippen LogP contribution in [0.15, 0.2) is 12.3 Å². The molecule has 0 saturated carbocycles. The zero-order valence-electron chi connectivity index (χ0n) is 14.0. The van der Waals surface area contributed by atoms with Gasteiger partial charge < -0.3 is 9.29 Å². The molecule has 1 unspecified atom stereocenters. The Labute approximate surface area is 138 Å². The van der Waals surface area contributed by atoms with Crippen molar-refractivity contribution >= 4 is 11.4 Å². The minimum atomic E-state index is -4.25. The van der Waals surface area contributed by atoms with Crippen LogP contribution < -0.4 is 9.46 Å². The van der Waals surface area contributed by atoms with E-state index in [9.17, 15) is 17.7 Å². The summed E-state index contributed by atoms with van der Waals surface area (Å²) in [6, 6.07) is 1.57. The molecule has 0 aliphatic heterocycles. The van der Waals surface area contributed by atoms with Crippen molar-refractivity contribution in [2.75, 3.05) is 6.61 Å². The summed E-state index contributed by atoms with van der Waals surface area (Å²) >= 11 is -1.23. The molecule has 0 aliphatic carbocycles. The lowest BCUT2D eigenvalue weighted by molar-refractivity contribution is -0.139. The lowest BCUT2D eigenvalue weighted by Gasteiger charge is -2.26. The van der Waals surface area contributed by atoms with Gasteiger partial charge in [0, 0.05) is 23.1 Å². The Morgan fingerprint density at radius 3 is 2.43 bits per heavy atom. The van der Waals surface area contributed by atoms with Crippen LogP contribution in [0.4, 0.5) is 13.2 Å². The number of rotatable bonds is 6. The molecular weight excluding hydrogens is 329 g/mol. The van der Waals surface area contributed by atoms with Gasteiger partial charge in [0.05, 0.1) is 19.1 Å². The number of aromatic nitrogens is 1. The maximum absolute atomic E-state index is 12.1. The molecule has 0 radical (unpaired) electrons. The quantitative estimate of drug-likeness (QED) is 0.791. The molecule has 23 heavy (non-hydrogen) atoms. The summed E-state index contributed by atoms with van der Waals surface area (Å²) in [5, 5.41) is 0. The zero-order chi connectivity index (χ0) is 17.8. The van der Waals surface area contributed by atoms with Crippen molar-refractivity contribution in [3.05, 3.63) is 23.4 Å². The summed E-state index contributed by atoms with van der Waals surface area (Å²) in [5.41, 5.74) is 1.43. The Balaban J connectivity index is 2.68. The summed E-state index contributed by atoms with van der Waals surface area (Å²) in [6.45, 7) is 8.70. The average molecular weight is 352 g/mol. The summed E-state index contributed by atoms with van der Waals surface area (Å²) in [4.78, 5) is 4.06. The van der Waals surface area contributed by atoms with Gasteiger partial charge in [0.25, 0.3) is 0 Å². The highest BCUT2D eigenvalue weighted by Gasteiger charge is 2.29. The molecule has 0 spiro atoms.